The largest absolute Gasteiger partial charge is 0.374 e. The molecule has 0 bridgehead atoms. The molecule has 0 heterocycles. The van der Waals surface area contributed by atoms with Crippen molar-refractivity contribution >= 4 is 0 Å². The average molecular weight is 315 g/mol. The van der Waals surface area contributed by atoms with E-state index in [-0.39, 0.29) is 11.5 Å². The molecule has 128 valence electrons. The lowest BCUT2D eigenvalue weighted by atomic mass is 9.70. The molecule has 4 unspecified atom stereocenters. The van der Waals surface area contributed by atoms with Crippen LogP contribution < -0.4 is 0 Å². The summed E-state index contributed by atoms with van der Waals surface area (Å²) in [5, 5.41) is 0. The van der Waals surface area contributed by atoms with E-state index in [1.54, 1.807) is 0 Å². The fourth-order valence-corrected chi connectivity index (χ4v) is 4.93. The van der Waals surface area contributed by atoms with E-state index in [1.165, 1.54) is 56.1 Å². The van der Waals surface area contributed by atoms with Gasteiger partial charge in [0, 0.05) is 5.41 Å². The van der Waals surface area contributed by atoms with Gasteiger partial charge in [0.25, 0.3) is 0 Å². The second kappa shape index (κ2) is 6.97. The molecule has 4 atom stereocenters. The minimum atomic E-state index is 0.0642. The Morgan fingerprint density at radius 1 is 1.00 bits per heavy atom. The standard InChI is InChI=1S/C22H34O/c1-16-9-5-8-12-21(16)22(3,4)17(2)23-20-14-13-18-10-6-7-11-19(18)15-20/h5,8-9,12,17-20H,6-7,10-11,13-15H2,1-4H3. The van der Waals surface area contributed by atoms with Crippen LogP contribution in [0.15, 0.2) is 24.3 Å². The number of aryl methyl sites for hydroxylation is 1. The van der Waals surface area contributed by atoms with Crippen LogP contribution in [0.5, 0.6) is 0 Å². The zero-order valence-corrected chi connectivity index (χ0v) is 15.5. The summed E-state index contributed by atoms with van der Waals surface area (Å²) in [5.74, 6) is 1.94. The third kappa shape index (κ3) is 3.65. The van der Waals surface area contributed by atoms with E-state index in [9.17, 15) is 0 Å². The third-order valence-electron chi connectivity index (χ3n) is 6.74. The summed E-state index contributed by atoms with van der Waals surface area (Å²) in [6.07, 6.45) is 10.5. The number of hydrogen-bond donors (Lipinski definition) is 0. The molecule has 1 aromatic rings. The molecule has 0 amide bonds. The first-order valence-corrected chi connectivity index (χ1v) is 9.70. The second-order valence-corrected chi connectivity index (χ2v) is 8.55. The van der Waals surface area contributed by atoms with Crippen molar-refractivity contribution < 1.29 is 4.74 Å². The quantitative estimate of drug-likeness (QED) is 0.658. The molecular formula is C22H34O. The lowest BCUT2D eigenvalue weighted by Gasteiger charge is -2.42. The fourth-order valence-electron chi connectivity index (χ4n) is 4.93. The van der Waals surface area contributed by atoms with Crippen molar-refractivity contribution in [1.29, 1.82) is 0 Å². The Hall–Kier alpha value is -0.820. The molecule has 0 saturated heterocycles. The third-order valence-corrected chi connectivity index (χ3v) is 6.74. The van der Waals surface area contributed by atoms with E-state index < -0.39 is 0 Å². The second-order valence-electron chi connectivity index (χ2n) is 8.55. The minimum absolute atomic E-state index is 0.0642. The maximum absolute atomic E-state index is 6.61. The summed E-state index contributed by atoms with van der Waals surface area (Å²) in [7, 11) is 0. The Labute approximate surface area is 142 Å². The first-order chi connectivity index (χ1) is 11.0. The van der Waals surface area contributed by atoms with Crippen molar-refractivity contribution in [2.24, 2.45) is 11.8 Å². The highest BCUT2D eigenvalue weighted by atomic mass is 16.5. The molecule has 2 aliphatic carbocycles. The van der Waals surface area contributed by atoms with Gasteiger partial charge in [0.2, 0.25) is 0 Å². The summed E-state index contributed by atoms with van der Waals surface area (Å²) in [4.78, 5) is 0. The molecule has 0 aliphatic heterocycles. The number of ether oxygens (including phenoxy) is 1. The Kier molecular flexibility index (Phi) is 5.16. The Morgan fingerprint density at radius 3 is 2.43 bits per heavy atom. The van der Waals surface area contributed by atoms with Crippen LogP contribution in [0.3, 0.4) is 0 Å². The molecule has 3 rings (SSSR count). The molecule has 2 fully saturated rings. The van der Waals surface area contributed by atoms with Crippen LogP contribution in [-0.2, 0) is 10.2 Å². The predicted molar refractivity (Wildman–Crippen MR) is 97.8 cm³/mol. The Bertz CT molecular complexity index is 518. The molecule has 0 spiro atoms. The van der Waals surface area contributed by atoms with Gasteiger partial charge in [-0.2, -0.15) is 0 Å². The monoisotopic (exact) mass is 314 g/mol. The van der Waals surface area contributed by atoms with E-state index in [4.69, 9.17) is 4.74 Å². The summed E-state index contributed by atoms with van der Waals surface area (Å²) in [6.45, 7) is 9.18. The van der Waals surface area contributed by atoms with Crippen LogP contribution in [0.25, 0.3) is 0 Å². The molecule has 1 aromatic carbocycles. The van der Waals surface area contributed by atoms with E-state index in [0.717, 1.165) is 11.8 Å². The van der Waals surface area contributed by atoms with Crippen molar-refractivity contribution in [3.05, 3.63) is 35.4 Å². The Morgan fingerprint density at radius 2 is 1.70 bits per heavy atom. The van der Waals surface area contributed by atoms with E-state index in [2.05, 4.69) is 52.0 Å². The average Bonchev–Trinajstić information content (AvgIpc) is 2.55. The van der Waals surface area contributed by atoms with Crippen LogP contribution in [0.1, 0.15) is 76.8 Å². The van der Waals surface area contributed by atoms with Gasteiger partial charge in [-0.15, -0.1) is 0 Å². The molecule has 0 aromatic heterocycles. The summed E-state index contributed by atoms with van der Waals surface area (Å²) in [5.41, 5.74) is 2.87. The summed E-state index contributed by atoms with van der Waals surface area (Å²) >= 11 is 0. The maximum atomic E-state index is 6.61. The van der Waals surface area contributed by atoms with Crippen molar-refractivity contribution in [3.63, 3.8) is 0 Å². The van der Waals surface area contributed by atoms with Crippen molar-refractivity contribution in [3.8, 4) is 0 Å². The van der Waals surface area contributed by atoms with Gasteiger partial charge in [-0.25, -0.2) is 0 Å². The molecule has 0 radical (unpaired) electrons. The van der Waals surface area contributed by atoms with Crippen LogP contribution in [-0.4, -0.2) is 12.2 Å². The smallest absolute Gasteiger partial charge is 0.0642 e. The van der Waals surface area contributed by atoms with Crippen LogP contribution >= 0.6 is 0 Å². The molecule has 2 saturated carbocycles. The predicted octanol–water partition coefficient (Wildman–Crippen LogP) is 6.04. The van der Waals surface area contributed by atoms with E-state index in [1.807, 2.05) is 0 Å². The molecular weight excluding hydrogens is 280 g/mol. The topological polar surface area (TPSA) is 9.23 Å². The fraction of sp³-hybridized carbons (Fsp3) is 0.727. The highest BCUT2D eigenvalue weighted by molar-refractivity contribution is 5.33. The van der Waals surface area contributed by atoms with E-state index in [0.29, 0.717) is 6.10 Å². The number of hydrogen-bond acceptors (Lipinski definition) is 1. The first kappa shape index (κ1) is 17.0. The highest BCUT2D eigenvalue weighted by Gasteiger charge is 2.36. The Balaban J connectivity index is 1.64. The molecule has 23 heavy (non-hydrogen) atoms. The molecule has 2 aliphatic rings. The molecule has 0 N–H and O–H groups in total. The lowest BCUT2D eigenvalue weighted by molar-refractivity contribution is -0.0737. The van der Waals surface area contributed by atoms with E-state index >= 15 is 0 Å². The van der Waals surface area contributed by atoms with Gasteiger partial charge in [-0.05, 0) is 56.1 Å². The normalized spacial score (nSPS) is 29.8. The zero-order valence-electron chi connectivity index (χ0n) is 15.5. The number of fused-ring (bicyclic) bond motifs is 1. The number of benzene rings is 1. The van der Waals surface area contributed by atoms with Crippen LogP contribution in [0, 0.1) is 18.8 Å². The first-order valence-electron chi connectivity index (χ1n) is 9.70. The van der Waals surface area contributed by atoms with Gasteiger partial charge < -0.3 is 4.74 Å². The van der Waals surface area contributed by atoms with Crippen molar-refractivity contribution in [1.82, 2.24) is 0 Å². The summed E-state index contributed by atoms with van der Waals surface area (Å²) in [6, 6.07) is 8.78. The van der Waals surface area contributed by atoms with Gasteiger partial charge in [-0.3, -0.25) is 0 Å². The van der Waals surface area contributed by atoms with Gasteiger partial charge in [-0.1, -0.05) is 63.8 Å². The molecule has 1 heteroatoms. The highest BCUT2D eigenvalue weighted by Crippen LogP contribution is 2.42. The van der Waals surface area contributed by atoms with Crippen LogP contribution in [0.4, 0.5) is 0 Å². The van der Waals surface area contributed by atoms with Crippen molar-refractivity contribution in [2.45, 2.75) is 90.3 Å². The van der Waals surface area contributed by atoms with Crippen LogP contribution in [0.2, 0.25) is 0 Å². The van der Waals surface area contributed by atoms with Crippen molar-refractivity contribution in [2.75, 3.05) is 0 Å². The maximum Gasteiger partial charge on any atom is 0.0642 e. The zero-order chi connectivity index (χ0) is 16.4. The SMILES string of the molecule is Cc1ccccc1C(C)(C)C(C)OC1CCC2CCCCC2C1. The lowest BCUT2D eigenvalue weighted by Crippen LogP contribution is -2.40. The minimum Gasteiger partial charge on any atom is -0.374 e. The molecule has 1 nitrogen and oxygen atoms in total. The van der Waals surface area contributed by atoms with Gasteiger partial charge in [0.15, 0.2) is 0 Å². The van der Waals surface area contributed by atoms with Gasteiger partial charge >= 0.3 is 0 Å². The number of rotatable bonds is 4. The van der Waals surface area contributed by atoms with Gasteiger partial charge in [0.05, 0.1) is 12.2 Å². The van der Waals surface area contributed by atoms with Gasteiger partial charge in [0.1, 0.15) is 0 Å². The summed E-state index contributed by atoms with van der Waals surface area (Å²) < 4.78 is 6.61.